The summed E-state index contributed by atoms with van der Waals surface area (Å²) < 4.78 is 1.60. The Labute approximate surface area is 151 Å². The minimum Gasteiger partial charge on any atom is -0.351 e. The first kappa shape index (κ1) is 17.7. The summed E-state index contributed by atoms with van der Waals surface area (Å²) in [5.41, 5.74) is 2.75. The Balaban J connectivity index is 1.68. The van der Waals surface area contributed by atoms with E-state index in [1.807, 2.05) is 36.4 Å². The highest BCUT2D eigenvalue weighted by atomic mass is 16.2. The molecule has 1 amide bonds. The molecule has 2 heterocycles. The maximum absolute atomic E-state index is 12.7. The van der Waals surface area contributed by atoms with Gasteiger partial charge in [0, 0.05) is 37.6 Å². The molecule has 1 aromatic carbocycles. The average Bonchev–Trinajstić information content (AvgIpc) is 3.15. The number of imidazole rings is 1. The molecule has 0 unspecified atom stereocenters. The highest BCUT2D eigenvalue weighted by molar-refractivity contribution is 5.95. The fourth-order valence-corrected chi connectivity index (χ4v) is 2.83. The van der Waals surface area contributed by atoms with E-state index < -0.39 is 0 Å². The van der Waals surface area contributed by atoms with Crippen molar-refractivity contribution in [2.45, 2.75) is 26.3 Å². The van der Waals surface area contributed by atoms with Gasteiger partial charge in [-0.25, -0.2) is 4.98 Å². The van der Waals surface area contributed by atoms with Crippen molar-refractivity contribution in [3.8, 4) is 0 Å². The molecule has 0 bridgehead atoms. The van der Waals surface area contributed by atoms with Crippen LogP contribution in [0.4, 0.5) is 0 Å². The van der Waals surface area contributed by atoms with Gasteiger partial charge in [0.2, 0.25) is 0 Å². The molecule has 2 aromatic heterocycles. The van der Waals surface area contributed by atoms with Gasteiger partial charge in [0.15, 0.2) is 0 Å². The standard InChI is InChI=1S/C20H22N4O2/c1-15-8-11-24(12-9-16-5-3-2-4-6-16)20(26)18(15)19(25)22-10-7-17-13-21-14-23-17/h2-6,8,11,13-14H,7,9-10,12H2,1H3,(H,21,23)(H,22,25). The number of carbonyl (C=O) groups is 1. The number of nitrogens with zero attached hydrogens (tertiary/aromatic N) is 2. The maximum atomic E-state index is 12.7. The Bertz CT molecular complexity index is 915. The largest absolute Gasteiger partial charge is 0.351 e. The SMILES string of the molecule is Cc1ccn(CCc2ccccc2)c(=O)c1C(=O)NCCc1cnc[nH]1. The zero-order chi connectivity index (χ0) is 18.4. The molecule has 3 rings (SSSR count). The molecule has 134 valence electrons. The number of carbonyl (C=O) groups excluding carboxylic acids is 1. The lowest BCUT2D eigenvalue weighted by atomic mass is 10.1. The summed E-state index contributed by atoms with van der Waals surface area (Å²) >= 11 is 0. The van der Waals surface area contributed by atoms with Crippen molar-refractivity contribution in [2.24, 2.45) is 0 Å². The summed E-state index contributed by atoms with van der Waals surface area (Å²) in [5.74, 6) is -0.332. The number of hydrogen-bond donors (Lipinski definition) is 2. The summed E-state index contributed by atoms with van der Waals surface area (Å²) in [6, 6.07) is 11.8. The van der Waals surface area contributed by atoms with E-state index in [0.29, 0.717) is 25.1 Å². The summed E-state index contributed by atoms with van der Waals surface area (Å²) in [7, 11) is 0. The van der Waals surface area contributed by atoms with Crippen LogP contribution >= 0.6 is 0 Å². The van der Waals surface area contributed by atoms with Crippen LogP contribution in [-0.4, -0.2) is 27.0 Å². The number of aromatic amines is 1. The fraction of sp³-hybridized carbons (Fsp3) is 0.250. The summed E-state index contributed by atoms with van der Waals surface area (Å²) in [5, 5.41) is 2.82. The van der Waals surface area contributed by atoms with Crippen LogP contribution in [0.5, 0.6) is 0 Å². The molecule has 3 aromatic rings. The van der Waals surface area contributed by atoms with Gasteiger partial charge in [-0.2, -0.15) is 0 Å². The second kappa shape index (κ2) is 8.29. The van der Waals surface area contributed by atoms with E-state index in [1.165, 1.54) is 0 Å². The van der Waals surface area contributed by atoms with Crippen molar-refractivity contribution in [2.75, 3.05) is 6.54 Å². The molecule has 26 heavy (non-hydrogen) atoms. The van der Waals surface area contributed by atoms with Crippen LogP contribution < -0.4 is 10.9 Å². The normalized spacial score (nSPS) is 10.7. The van der Waals surface area contributed by atoms with Gasteiger partial charge in [0.05, 0.1) is 6.33 Å². The molecular formula is C20H22N4O2. The second-order valence-corrected chi connectivity index (χ2v) is 6.19. The van der Waals surface area contributed by atoms with Crippen molar-refractivity contribution < 1.29 is 4.79 Å². The van der Waals surface area contributed by atoms with Crippen molar-refractivity contribution in [1.29, 1.82) is 0 Å². The monoisotopic (exact) mass is 350 g/mol. The van der Waals surface area contributed by atoms with E-state index in [-0.39, 0.29) is 17.0 Å². The first-order valence-electron chi connectivity index (χ1n) is 8.64. The van der Waals surface area contributed by atoms with Crippen molar-refractivity contribution >= 4 is 5.91 Å². The molecule has 0 atom stereocenters. The second-order valence-electron chi connectivity index (χ2n) is 6.19. The minimum atomic E-state index is -0.332. The third kappa shape index (κ3) is 4.27. The Morgan fingerprint density at radius 2 is 2.00 bits per heavy atom. The predicted molar refractivity (Wildman–Crippen MR) is 100 cm³/mol. The molecule has 0 aliphatic rings. The third-order valence-electron chi connectivity index (χ3n) is 4.32. The number of amides is 1. The molecule has 0 aliphatic heterocycles. The molecule has 0 aliphatic carbocycles. The van der Waals surface area contributed by atoms with Gasteiger partial charge in [0.25, 0.3) is 11.5 Å². The number of aryl methyl sites for hydroxylation is 3. The minimum absolute atomic E-state index is 0.213. The van der Waals surface area contributed by atoms with Crippen molar-refractivity contribution in [3.05, 3.63) is 87.9 Å². The zero-order valence-electron chi connectivity index (χ0n) is 14.7. The molecule has 0 spiro atoms. The molecule has 0 radical (unpaired) electrons. The number of pyridine rings is 1. The topological polar surface area (TPSA) is 79.8 Å². The fourth-order valence-electron chi connectivity index (χ4n) is 2.83. The van der Waals surface area contributed by atoms with E-state index in [9.17, 15) is 9.59 Å². The maximum Gasteiger partial charge on any atom is 0.263 e. The van der Waals surface area contributed by atoms with Crippen LogP contribution in [-0.2, 0) is 19.4 Å². The first-order chi connectivity index (χ1) is 12.6. The first-order valence-corrected chi connectivity index (χ1v) is 8.64. The number of hydrogen-bond acceptors (Lipinski definition) is 3. The van der Waals surface area contributed by atoms with Gasteiger partial charge in [-0.3, -0.25) is 9.59 Å². The van der Waals surface area contributed by atoms with Crippen LogP contribution in [0.15, 0.2) is 59.9 Å². The molecule has 0 fully saturated rings. The van der Waals surface area contributed by atoms with E-state index in [0.717, 1.165) is 17.7 Å². The van der Waals surface area contributed by atoms with Crippen LogP contribution in [0.2, 0.25) is 0 Å². The van der Waals surface area contributed by atoms with Gasteiger partial charge < -0.3 is 14.9 Å². The van der Waals surface area contributed by atoms with E-state index in [1.54, 1.807) is 30.2 Å². The van der Waals surface area contributed by atoms with Gasteiger partial charge in [-0.15, -0.1) is 0 Å². The third-order valence-corrected chi connectivity index (χ3v) is 4.32. The van der Waals surface area contributed by atoms with E-state index >= 15 is 0 Å². The van der Waals surface area contributed by atoms with Gasteiger partial charge in [0.1, 0.15) is 5.56 Å². The van der Waals surface area contributed by atoms with Gasteiger partial charge in [-0.1, -0.05) is 30.3 Å². The van der Waals surface area contributed by atoms with Crippen molar-refractivity contribution in [3.63, 3.8) is 0 Å². The Morgan fingerprint density at radius 3 is 2.73 bits per heavy atom. The van der Waals surface area contributed by atoms with Crippen LogP contribution in [0.1, 0.15) is 27.2 Å². The van der Waals surface area contributed by atoms with Gasteiger partial charge >= 0.3 is 0 Å². The highest BCUT2D eigenvalue weighted by Gasteiger charge is 2.15. The Kier molecular flexibility index (Phi) is 5.63. The lowest BCUT2D eigenvalue weighted by Crippen LogP contribution is -2.35. The molecule has 6 nitrogen and oxygen atoms in total. The van der Waals surface area contributed by atoms with Gasteiger partial charge in [-0.05, 0) is 30.5 Å². The molecule has 0 saturated heterocycles. The molecule has 2 N–H and O–H groups in total. The highest BCUT2D eigenvalue weighted by Crippen LogP contribution is 2.05. The Morgan fingerprint density at radius 1 is 1.19 bits per heavy atom. The lowest BCUT2D eigenvalue weighted by molar-refractivity contribution is 0.0951. The quantitative estimate of drug-likeness (QED) is 0.685. The molecule has 6 heteroatoms. The van der Waals surface area contributed by atoms with Crippen LogP contribution in [0, 0.1) is 6.92 Å². The predicted octanol–water partition coefficient (Wildman–Crippen LogP) is 2.10. The average molecular weight is 350 g/mol. The Hall–Kier alpha value is -3.15. The molecule has 0 saturated carbocycles. The van der Waals surface area contributed by atoms with E-state index in [4.69, 9.17) is 0 Å². The summed E-state index contributed by atoms with van der Waals surface area (Å²) in [4.78, 5) is 32.1. The smallest absolute Gasteiger partial charge is 0.263 e. The van der Waals surface area contributed by atoms with Crippen molar-refractivity contribution in [1.82, 2.24) is 19.9 Å². The van der Waals surface area contributed by atoms with Crippen LogP contribution in [0.25, 0.3) is 0 Å². The number of H-pyrrole nitrogens is 1. The number of rotatable bonds is 7. The number of nitrogens with one attached hydrogen (secondary N) is 2. The van der Waals surface area contributed by atoms with Crippen LogP contribution in [0.3, 0.4) is 0 Å². The number of aromatic nitrogens is 3. The zero-order valence-corrected chi connectivity index (χ0v) is 14.7. The molecular weight excluding hydrogens is 328 g/mol. The number of benzene rings is 1. The lowest BCUT2D eigenvalue weighted by Gasteiger charge is -2.11. The summed E-state index contributed by atoms with van der Waals surface area (Å²) in [6.45, 7) is 2.77. The van der Waals surface area contributed by atoms with E-state index in [2.05, 4.69) is 15.3 Å². The summed E-state index contributed by atoms with van der Waals surface area (Å²) in [6.07, 6.45) is 6.45.